The van der Waals surface area contributed by atoms with Crippen molar-refractivity contribution >= 4 is 29.5 Å². The largest absolute Gasteiger partial charge is 0.444 e. The zero-order valence-corrected chi connectivity index (χ0v) is 20.6. The molecule has 0 radical (unpaired) electrons. The van der Waals surface area contributed by atoms with Crippen LogP contribution in [-0.4, -0.2) is 65.0 Å². The summed E-state index contributed by atoms with van der Waals surface area (Å²) in [5, 5.41) is 2.74. The first-order valence-corrected chi connectivity index (χ1v) is 11.2. The molecule has 1 aliphatic heterocycles. The van der Waals surface area contributed by atoms with Crippen LogP contribution in [0, 0.1) is 5.82 Å². The van der Waals surface area contributed by atoms with E-state index in [1.807, 2.05) is 0 Å². The summed E-state index contributed by atoms with van der Waals surface area (Å²) >= 11 is 6.36. The van der Waals surface area contributed by atoms with Crippen molar-refractivity contribution in [3.8, 4) is 11.1 Å². The second-order valence-electron chi connectivity index (χ2n) is 9.02. The number of carbonyl (C=O) groups is 3. The molecule has 1 aliphatic rings. The van der Waals surface area contributed by atoms with Crippen LogP contribution in [0.4, 0.5) is 9.18 Å². The van der Waals surface area contributed by atoms with Crippen molar-refractivity contribution in [3.05, 3.63) is 52.6 Å². The molecule has 0 bridgehead atoms. The third-order valence-electron chi connectivity index (χ3n) is 5.39. The Labute approximate surface area is 203 Å². The molecule has 182 valence electrons. The summed E-state index contributed by atoms with van der Waals surface area (Å²) < 4.78 is 21.4. The fourth-order valence-electron chi connectivity index (χ4n) is 3.83. The van der Waals surface area contributed by atoms with Crippen LogP contribution in [0.5, 0.6) is 0 Å². The highest BCUT2D eigenvalue weighted by Crippen LogP contribution is 2.36. The smallest absolute Gasteiger partial charge is 0.410 e. The van der Waals surface area contributed by atoms with Crippen LogP contribution in [0.2, 0.25) is 5.02 Å². The Morgan fingerprint density at radius 2 is 1.91 bits per heavy atom. The van der Waals surface area contributed by atoms with Crippen LogP contribution in [-0.2, 0) is 9.53 Å². The fraction of sp³-hybridized carbons (Fsp3) is 0.417. The fourth-order valence-corrected chi connectivity index (χ4v) is 4.06. The minimum atomic E-state index is -0.767. The third-order valence-corrected chi connectivity index (χ3v) is 5.61. The second kappa shape index (κ2) is 9.97. The lowest BCUT2D eigenvalue weighted by molar-refractivity contribution is -0.134. The van der Waals surface area contributed by atoms with Crippen molar-refractivity contribution in [2.24, 2.45) is 0 Å². The van der Waals surface area contributed by atoms with Crippen LogP contribution >= 0.6 is 11.6 Å². The molecule has 8 nitrogen and oxygen atoms in total. The number of nitrogens with zero attached hydrogens (tertiary/aromatic N) is 3. The van der Waals surface area contributed by atoms with Crippen molar-refractivity contribution in [2.75, 3.05) is 26.7 Å². The SMILES string of the molecule is CNC(=O)c1cc(-c2cc(Cl)cc(C3CN(C(=O)OC(C)(C)C)CCN3C(C)=O)c2F)ccn1. The summed E-state index contributed by atoms with van der Waals surface area (Å²) in [6.45, 7) is 7.22. The number of pyridine rings is 1. The quantitative estimate of drug-likeness (QED) is 0.701. The van der Waals surface area contributed by atoms with Gasteiger partial charge in [0.2, 0.25) is 5.91 Å². The molecule has 2 heterocycles. The second-order valence-corrected chi connectivity index (χ2v) is 9.46. The van der Waals surface area contributed by atoms with E-state index >= 15 is 4.39 Å². The molecule has 1 atom stereocenters. The van der Waals surface area contributed by atoms with Gasteiger partial charge in [-0.05, 0) is 50.6 Å². The van der Waals surface area contributed by atoms with E-state index in [9.17, 15) is 14.4 Å². The standard InChI is InChI=1S/C24H28ClFN4O4/c1-14(31)30-9-8-29(23(33)34-24(2,3)4)13-20(30)18-12-16(25)11-17(21(18)26)15-6-7-28-19(10-15)22(32)27-5/h6-7,10-12,20H,8-9,13H2,1-5H3,(H,27,32). The van der Waals surface area contributed by atoms with Gasteiger partial charge in [0.25, 0.3) is 5.91 Å². The van der Waals surface area contributed by atoms with Gasteiger partial charge in [0.15, 0.2) is 0 Å². The van der Waals surface area contributed by atoms with E-state index in [0.717, 1.165) is 0 Å². The maximum absolute atomic E-state index is 15.9. The summed E-state index contributed by atoms with van der Waals surface area (Å²) in [7, 11) is 1.48. The van der Waals surface area contributed by atoms with Crippen molar-refractivity contribution in [2.45, 2.75) is 39.3 Å². The Hall–Kier alpha value is -3.20. The molecule has 3 rings (SSSR count). The number of ether oxygens (including phenoxy) is 1. The Bertz CT molecular complexity index is 1120. The monoisotopic (exact) mass is 490 g/mol. The number of piperazine rings is 1. The number of aromatic nitrogens is 1. The third kappa shape index (κ3) is 5.64. The highest BCUT2D eigenvalue weighted by Gasteiger charge is 2.36. The molecule has 1 saturated heterocycles. The van der Waals surface area contributed by atoms with Crippen molar-refractivity contribution < 1.29 is 23.5 Å². The Morgan fingerprint density at radius 1 is 1.21 bits per heavy atom. The summed E-state index contributed by atoms with van der Waals surface area (Å²) in [6, 6.07) is 5.18. The Morgan fingerprint density at radius 3 is 2.53 bits per heavy atom. The van der Waals surface area contributed by atoms with Gasteiger partial charge in [-0.15, -0.1) is 0 Å². The number of halogens is 2. The van der Waals surface area contributed by atoms with Crippen LogP contribution in [0.25, 0.3) is 11.1 Å². The van der Waals surface area contributed by atoms with E-state index in [0.29, 0.717) is 5.56 Å². The molecule has 0 saturated carbocycles. The van der Waals surface area contributed by atoms with Crippen LogP contribution in [0.1, 0.15) is 49.8 Å². The molecule has 1 aromatic carbocycles. The molecule has 0 spiro atoms. The maximum atomic E-state index is 15.9. The van der Waals surface area contributed by atoms with E-state index in [-0.39, 0.29) is 47.4 Å². The van der Waals surface area contributed by atoms with Crippen molar-refractivity contribution in [1.82, 2.24) is 20.1 Å². The molecule has 1 N–H and O–H groups in total. The minimum absolute atomic E-state index is 0.0467. The molecule has 0 aliphatic carbocycles. The van der Waals surface area contributed by atoms with E-state index < -0.39 is 29.5 Å². The van der Waals surface area contributed by atoms with Crippen LogP contribution < -0.4 is 5.32 Å². The molecule has 10 heteroatoms. The predicted octanol–water partition coefficient (Wildman–Crippen LogP) is 4.04. The number of amides is 3. The first kappa shape index (κ1) is 25.4. The Balaban J connectivity index is 2.04. The van der Waals surface area contributed by atoms with Gasteiger partial charge in [0.05, 0.1) is 6.04 Å². The lowest BCUT2D eigenvalue weighted by Gasteiger charge is -2.41. The van der Waals surface area contributed by atoms with E-state index in [2.05, 4.69) is 10.3 Å². The molecule has 2 aromatic rings. The molecule has 34 heavy (non-hydrogen) atoms. The minimum Gasteiger partial charge on any atom is -0.444 e. The summed E-state index contributed by atoms with van der Waals surface area (Å²) in [5.74, 6) is -1.26. The van der Waals surface area contributed by atoms with Gasteiger partial charge in [0, 0.05) is 56.0 Å². The average Bonchev–Trinajstić information content (AvgIpc) is 2.78. The summed E-state index contributed by atoms with van der Waals surface area (Å²) in [5.41, 5.74) is 0.170. The van der Waals surface area contributed by atoms with Gasteiger partial charge in [-0.1, -0.05) is 11.6 Å². The number of hydrogen-bond acceptors (Lipinski definition) is 5. The number of benzene rings is 1. The molecule has 3 amide bonds. The lowest BCUT2D eigenvalue weighted by Crippen LogP contribution is -2.53. The van der Waals surface area contributed by atoms with Crippen LogP contribution in [0.3, 0.4) is 0 Å². The lowest BCUT2D eigenvalue weighted by atomic mass is 9.96. The number of carbonyl (C=O) groups excluding carboxylic acids is 3. The van der Waals surface area contributed by atoms with Gasteiger partial charge < -0.3 is 19.9 Å². The molecule has 1 aromatic heterocycles. The van der Waals surface area contributed by atoms with Gasteiger partial charge in [-0.3, -0.25) is 14.6 Å². The van der Waals surface area contributed by atoms with Gasteiger partial charge in [0.1, 0.15) is 17.1 Å². The van der Waals surface area contributed by atoms with Gasteiger partial charge >= 0.3 is 6.09 Å². The van der Waals surface area contributed by atoms with Crippen molar-refractivity contribution in [3.63, 3.8) is 0 Å². The molecule has 1 unspecified atom stereocenters. The predicted molar refractivity (Wildman–Crippen MR) is 126 cm³/mol. The average molecular weight is 491 g/mol. The zero-order valence-electron chi connectivity index (χ0n) is 19.8. The van der Waals surface area contributed by atoms with Gasteiger partial charge in [-0.25, -0.2) is 9.18 Å². The van der Waals surface area contributed by atoms with E-state index in [4.69, 9.17) is 16.3 Å². The first-order chi connectivity index (χ1) is 15.9. The maximum Gasteiger partial charge on any atom is 0.410 e. The van der Waals surface area contributed by atoms with E-state index in [1.165, 1.54) is 48.2 Å². The van der Waals surface area contributed by atoms with Crippen molar-refractivity contribution in [1.29, 1.82) is 0 Å². The number of hydrogen-bond donors (Lipinski definition) is 1. The number of nitrogens with one attached hydrogen (secondary N) is 1. The normalized spacial score (nSPS) is 16.3. The highest BCUT2D eigenvalue weighted by atomic mass is 35.5. The van der Waals surface area contributed by atoms with E-state index in [1.54, 1.807) is 26.8 Å². The first-order valence-electron chi connectivity index (χ1n) is 10.8. The van der Waals surface area contributed by atoms with Crippen LogP contribution in [0.15, 0.2) is 30.5 Å². The molecular weight excluding hydrogens is 463 g/mol. The molecule has 1 fully saturated rings. The summed E-state index contributed by atoms with van der Waals surface area (Å²) in [4.78, 5) is 44.0. The number of rotatable bonds is 3. The topological polar surface area (TPSA) is 91.8 Å². The Kier molecular flexibility index (Phi) is 7.45. The highest BCUT2D eigenvalue weighted by molar-refractivity contribution is 6.31. The molecular formula is C24H28ClFN4O4. The summed E-state index contributed by atoms with van der Waals surface area (Å²) in [6.07, 6.45) is 0.875. The van der Waals surface area contributed by atoms with Gasteiger partial charge in [-0.2, -0.15) is 0 Å². The zero-order chi connectivity index (χ0) is 25.2.